The number of halogens is 2. The number of likely N-dealkylation sites (N-methyl/N-ethyl adjacent to an activating group) is 1. The lowest BCUT2D eigenvalue weighted by Crippen LogP contribution is -2.35. The summed E-state index contributed by atoms with van der Waals surface area (Å²) >= 11 is 12.1. The molecule has 2 aromatic carbocycles. The number of aromatic nitrogens is 1. The second-order valence-corrected chi connectivity index (χ2v) is 7.35. The van der Waals surface area contributed by atoms with E-state index in [0.717, 1.165) is 22.0 Å². The molecule has 0 aliphatic heterocycles. The molecule has 1 heterocycles. The van der Waals surface area contributed by atoms with Gasteiger partial charge in [0.1, 0.15) is 5.69 Å². The standard InChI is InChI=1S/C20H19Cl2N3O2/c1-11-7-12(2)13-9-17(23-16(13)8-11)20(27)25(3)10-18(26)24-19-14(21)5-4-6-15(19)22/h4-9,23H,10H2,1-3H3,(H,24,26). The normalized spacial score (nSPS) is 10.9. The maximum Gasteiger partial charge on any atom is 0.270 e. The van der Waals surface area contributed by atoms with E-state index >= 15 is 0 Å². The Labute approximate surface area is 167 Å². The van der Waals surface area contributed by atoms with Gasteiger partial charge in [-0.25, -0.2) is 0 Å². The molecular weight excluding hydrogens is 385 g/mol. The number of anilines is 1. The summed E-state index contributed by atoms with van der Waals surface area (Å²) in [5.74, 6) is -0.660. The van der Waals surface area contributed by atoms with E-state index < -0.39 is 0 Å². The van der Waals surface area contributed by atoms with E-state index in [9.17, 15) is 9.59 Å². The zero-order valence-electron chi connectivity index (χ0n) is 15.2. The summed E-state index contributed by atoms with van der Waals surface area (Å²) in [5, 5.41) is 4.32. The van der Waals surface area contributed by atoms with Crippen molar-refractivity contribution in [1.29, 1.82) is 0 Å². The van der Waals surface area contributed by atoms with E-state index in [1.54, 1.807) is 25.2 Å². The number of hydrogen-bond acceptors (Lipinski definition) is 2. The average molecular weight is 404 g/mol. The van der Waals surface area contributed by atoms with Gasteiger partial charge in [0.15, 0.2) is 0 Å². The largest absolute Gasteiger partial charge is 0.351 e. The number of fused-ring (bicyclic) bond motifs is 1. The van der Waals surface area contributed by atoms with Gasteiger partial charge in [0, 0.05) is 18.0 Å². The van der Waals surface area contributed by atoms with E-state index in [4.69, 9.17) is 23.2 Å². The molecule has 0 spiro atoms. The molecule has 1 aromatic heterocycles. The minimum atomic E-state index is -0.385. The predicted octanol–water partition coefficient (Wildman–Crippen LogP) is 4.80. The average Bonchev–Trinajstić information content (AvgIpc) is 3.01. The predicted molar refractivity (Wildman–Crippen MR) is 110 cm³/mol. The van der Waals surface area contributed by atoms with Gasteiger partial charge in [-0.3, -0.25) is 9.59 Å². The summed E-state index contributed by atoms with van der Waals surface area (Å²) in [6, 6.07) is 10.8. The molecule has 0 radical (unpaired) electrons. The molecular formula is C20H19Cl2N3O2. The SMILES string of the molecule is Cc1cc(C)c2cc(C(=O)N(C)CC(=O)Nc3c(Cl)cccc3Cl)[nH]c2c1. The highest BCUT2D eigenvalue weighted by molar-refractivity contribution is 6.39. The quantitative estimate of drug-likeness (QED) is 0.656. The Balaban J connectivity index is 1.74. The summed E-state index contributed by atoms with van der Waals surface area (Å²) in [7, 11) is 1.57. The first-order valence-electron chi connectivity index (χ1n) is 8.35. The maximum atomic E-state index is 12.7. The van der Waals surface area contributed by atoms with Crippen LogP contribution < -0.4 is 5.32 Å². The number of nitrogens with zero attached hydrogens (tertiary/aromatic N) is 1. The van der Waals surface area contributed by atoms with E-state index in [1.807, 2.05) is 26.0 Å². The van der Waals surface area contributed by atoms with Crippen molar-refractivity contribution in [3.05, 3.63) is 63.3 Å². The van der Waals surface area contributed by atoms with Crippen LogP contribution in [0, 0.1) is 13.8 Å². The van der Waals surface area contributed by atoms with Crippen LogP contribution in [0.25, 0.3) is 10.9 Å². The molecule has 7 heteroatoms. The lowest BCUT2D eigenvalue weighted by molar-refractivity contribution is -0.116. The summed E-state index contributed by atoms with van der Waals surface area (Å²) in [6.45, 7) is 3.88. The highest BCUT2D eigenvalue weighted by Gasteiger charge is 2.19. The monoisotopic (exact) mass is 403 g/mol. The van der Waals surface area contributed by atoms with Crippen molar-refractivity contribution in [2.24, 2.45) is 0 Å². The number of H-pyrrole nitrogens is 1. The smallest absolute Gasteiger partial charge is 0.270 e. The number of nitrogens with one attached hydrogen (secondary N) is 2. The molecule has 0 saturated carbocycles. The number of hydrogen-bond donors (Lipinski definition) is 2. The summed E-state index contributed by atoms with van der Waals surface area (Å²) in [4.78, 5) is 29.5. The van der Waals surface area contributed by atoms with E-state index in [1.165, 1.54) is 4.90 Å². The fourth-order valence-corrected chi connectivity index (χ4v) is 3.50. The minimum Gasteiger partial charge on any atom is -0.351 e. The van der Waals surface area contributed by atoms with Crippen LogP contribution in [-0.4, -0.2) is 35.3 Å². The van der Waals surface area contributed by atoms with Gasteiger partial charge in [-0.1, -0.05) is 35.3 Å². The molecule has 0 unspecified atom stereocenters. The van der Waals surface area contributed by atoms with Crippen LogP contribution in [0.2, 0.25) is 10.0 Å². The fraction of sp³-hybridized carbons (Fsp3) is 0.200. The van der Waals surface area contributed by atoms with Crippen LogP contribution in [0.3, 0.4) is 0 Å². The molecule has 2 N–H and O–H groups in total. The van der Waals surface area contributed by atoms with Crippen molar-refractivity contribution in [2.75, 3.05) is 18.9 Å². The fourth-order valence-electron chi connectivity index (χ4n) is 3.00. The van der Waals surface area contributed by atoms with E-state index in [0.29, 0.717) is 21.4 Å². The van der Waals surface area contributed by atoms with Crippen molar-refractivity contribution in [2.45, 2.75) is 13.8 Å². The molecule has 0 fully saturated rings. The van der Waals surface area contributed by atoms with Crippen LogP contribution in [-0.2, 0) is 4.79 Å². The number of benzene rings is 2. The molecule has 0 saturated heterocycles. The first kappa shape index (κ1) is 19.3. The second kappa shape index (κ2) is 7.62. The topological polar surface area (TPSA) is 65.2 Å². The van der Waals surface area contributed by atoms with Crippen LogP contribution >= 0.6 is 23.2 Å². The van der Waals surface area contributed by atoms with Crippen molar-refractivity contribution in [3.63, 3.8) is 0 Å². The second-order valence-electron chi connectivity index (χ2n) is 6.53. The molecule has 27 heavy (non-hydrogen) atoms. The van der Waals surface area contributed by atoms with Gasteiger partial charge < -0.3 is 15.2 Å². The Morgan fingerprint density at radius 1 is 1.11 bits per heavy atom. The third-order valence-electron chi connectivity index (χ3n) is 4.27. The van der Waals surface area contributed by atoms with Crippen molar-refractivity contribution >= 4 is 51.6 Å². The Morgan fingerprint density at radius 2 is 1.78 bits per heavy atom. The number of carbonyl (C=O) groups is 2. The first-order chi connectivity index (χ1) is 12.8. The van der Waals surface area contributed by atoms with Crippen molar-refractivity contribution in [3.8, 4) is 0 Å². The van der Waals surface area contributed by atoms with Gasteiger partial charge in [-0.15, -0.1) is 0 Å². The first-order valence-corrected chi connectivity index (χ1v) is 9.11. The number of carbonyl (C=O) groups excluding carboxylic acids is 2. The number of rotatable bonds is 4. The van der Waals surface area contributed by atoms with Gasteiger partial charge in [0.2, 0.25) is 5.91 Å². The van der Waals surface area contributed by atoms with Crippen LogP contribution in [0.4, 0.5) is 5.69 Å². The van der Waals surface area contributed by atoms with Crippen LogP contribution in [0.5, 0.6) is 0 Å². The van der Waals surface area contributed by atoms with Gasteiger partial charge in [0.25, 0.3) is 5.91 Å². The third-order valence-corrected chi connectivity index (χ3v) is 4.90. The van der Waals surface area contributed by atoms with E-state index in [2.05, 4.69) is 16.4 Å². The Hall–Kier alpha value is -2.50. The van der Waals surface area contributed by atoms with E-state index in [-0.39, 0.29) is 18.4 Å². The highest BCUT2D eigenvalue weighted by Crippen LogP contribution is 2.29. The summed E-state index contributed by atoms with van der Waals surface area (Å²) in [5.41, 5.74) is 3.88. The van der Waals surface area contributed by atoms with Crippen LogP contribution in [0.15, 0.2) is 36.4 Å². The molecule has 140 valence electrons. The summed E-state index contributed by atoms with van der Waals surface area (Å²) in [6.07, 6.45) is 0. The molecule has 2 amide bonds. The van der Waals surface area contributed by atoms with Gasteiger partial charge >= 0.3 is 0 Å². The molecule has 0 aliphatic rings. The van der Waals surface area contributed by atoms with Crippen LogP contribution in [0.1, 0.15) is 21.6 Å². The summed E-state index contributed by atoms with van der Waals surface area (Å²) < 4.78 is 0. The Bertz CT molecular complexity index is 1020. The highest BCUT2D eigenvalue weighted by atomic mass is 35.5. The number of para-hydroxylation sites is 1. The number of aromatic amines is 1. The molecule has 3 rings (SSSR count). The van der Waals surface area contributed by atoms with Crippen molar-refractivity contribution < 1.29 is 9.59 Å². The lowest BCUT2D eigenvalue weighted by Gasteiger charge is -2.16. The Morgan fingerprint density at radius 3 is 2.44 bits per heavy atom. The zero-order valence-corrected chi connectivity index (χ0v) is 16.7. The zero-order chi connectivity index (χ0) is 19.7. The van der Waals surface area contributed by atoms with Gasteiger partial charge in [-0.2, -0.15) is 0 Å². The molecule has 0 aliphatic carbocycles. The lowest BCUT2D eigenvalue weighted by atomic mass is 10.1. The van der Waals surface area contributed by atoms with Crippen molar-refractivity contribution in [1.82, 2.24) is 9.88 Å². The number of amides is 2. The molecule has 5 nitrogen and oxygen atoms in total. The Kier molecular flexibility index (Phi) is 5.44. The van der Waals surface area contributed by atoms with Gasteiger partial charge in [0.05, 0.1) is 22.3 Å². The molecule has 3 aromatic rings. The molecule has 0 atom stereocenters. The molecule has 0 bridgehead atoms. The third kappa shape index (κ3) is 4.10. The maximum absolute atomic E-state index is 12.7. The number of aryl methyl sites for hydroxylation is 2. The van der Waals surface area contributed by atoms with Gasteiger partial charge in [-0.05, 0) is 49.2 Å². The minimum absolute atomic E-state index is 0.131.